The lowest BCUT2D eigenvalue weighted by molar-refractivity contribution is 0.491. The number of aryl methyl sites for hydroxylation is 4. The first-order valence-electron chi connectivity index (χ1n) is 7.38. The number of hydrogen-bond donors (Lipinski definition) is 0. The van der Waals surface area contributed by atoms with Crippen LogP contribution in [0.2, 0.25) is 0 Å². The highest BCUT2D eigenvalue weighted by atomic mass is 16.4. The van der Waals surface area contributed by atoms with E-state index >= 15 is 0 Å². The highest BCUT2D eigenvalue weighted by molar-refractivity contribution is 6.25. The molecule has 0 aliphatic heterocycles. The minimum absolute atomic E-state index is 0.142. The van der Waals surface area contributed by atoms with Gasteiger partial charge in [-0.1, -0.05) is 0 Å². The highest BCUT2D eigenvalue weighted by Crippen LogP contribution is 2.37. The molecule has 6 rings (SSSR count). The number of hydrogen-bond acceptors (Lipinski definition) is 6. The Hall–Kier alpha value is -3.02. The maximum absolute atomic E-state index is 12.4. The fraction of sp³-hybridized carbons (Fsp3) is 0.222. The summed E-state index contributed by atoms with van der Waals surface area (Å²) in [5.74, 6) is 0. The number of rotatable bonds is 0. The summed E-state index contributed by atoms with van der Waals surface area (Å²) in [5, 5.41) is 1.12. The van der Waals surface area contributed by atoms with Crippen LogP contribution in [0.1, 0.15) is 22.3 Å². The predicted octanol–water partition coefficient (Wildman–Crippen LogP) is 1.88. The Kier molecular flexibility index (Phi) is 2.60. The third kappa shape index (κ3) is 1.45. The molecule has 120 valence electrons. The Labute approximate surface area is 133 Å². The standard InChI is InChI=1S/C18H12O6/c1-5-6(2)10-14-12-8(4)7(3)11(17(21)24-18(12)22)13(14)9(5)15(19)23-16(10)20/h1-4H3. The molecule has 0 spiro atoms. The van der Waals surface area contributed by atoms with Gasteiger partial charge in [0.1, 0.15) is 0 Å². The summed E-state index contributed by atoms with van der Waals surface area (Å²) in [6, 6.07) is 0. The van der Waals surface area contributed by atoms with Crippen LogP contribution in [0.15, 0.2) is 28.0 Å². The van der Waals surface area contributed by atoms with Crippen molar-refractivity contribution >= 4 is 32.3 Å². The lowest BCUT2D eigenvalue weighted by atomic mass is 9.88. The van der Waals surface area contributed by atoms with Gasteiger partial charge < -0.3 is 8.83 Å². The molecule has 4 bridgehead atoms. The molecular weight excluding hydrogens is 312 g/mol. The molecule has 0 aliphatic rings. The van der Waals surface area contributed by atoms with Gasteiger partial charge in [-0.3, -0.25) is 0 Å². The first kappa shape index (κ1) is 14.6. The molecule has 6 nitrogen and oxygen atoms in total. The first-order chi connectivity index (χ1) is 11.3. The lowest BCUT2D eigenvalue weighted by Gasteiger charge is -2.11. The fourth-order valence-corrected chi connectivity index (χ4v) is 3.64. The minimum Gasteiger partial charge on any atom is -0.386 e. The third-order valence-corrected chi connectivity index (χ3v) is 5.06. The topological polar surface area (TPSA) is 94.6 Å². The van der Waals surface area contributed by atoms with E-state index < -0.39 is 22.5 Å². The van der Waals surface area contributed by atoms with Gasteiger partial charge in [0.15, 0.2) is 0 Å². The number of fused-ring (bicyclic) bond motifs is 6. The Morgan fingerprint density at radius 3 is 0.833 bits per heavy atom. The van der Waals surface area contributed by atoms with Crippen molar-refractivity contribution in [1.82, 2.24) is 0 Å². The molecular formula is C18H12O6. The minimum atomic E-state index is -0.816. The van der Waals surface area contributed by atoms with Crippen LogP contribution in [-0.4, -0.2) is 0 Å². The molecule has 24 heavy (non-hydrogen) atoms. The highest BCUT2D eigenvalue weighted by Gasteiger charge is 2.25. The summed E-state index contributed by atoms with van der Waals surface area (Å²) in [5.41, 5.74) is -1.02. The predicted molar refractivity (Wildman–Crippen MR) is 89.9 cm³/mol. The van der Waals surface area contributed by atoms with Crippen molar-refractivity contribution in [3.05, 3.63) is 63.9 Å². The van der Waals surface area contributed by atoms with Crippen LogP contribution in [0.4, 0.5) is 0 Å². The van der Waals surface area contributed by atoms with E-state index in [0.29, 0.717) is 22.3 Å². The maximum Gasteiger partial charge on any atom is 0.346 e. The van der Waals surface area contributed by atoms with Gasteiger partial charge >= 0.3 is 22.5 Å². The second-order valence-corrected chi connectivity index (χ2v) is 6.10. The van der Waals surface area contributed by atoms with Crippen LogP contribution in [0, 0.1) is 27.7 Å². The molecule has 0 aliphatic carbocycles. The van der Waals surface area contributed by atoms with Gasteiger partial charge in [0, 0.05) is 10.8 Å². The van der Waals surface area contributed by atoms with Crippen LogP contribution >= 0.6 is 0 Å². The molecule has 4 aromatic heterocycles. The monoisotopic (exact) mass is 324 g/mol. The van der Waals surface area contributed by atoms with E-state index in [0.717, 1.165) is 0 Å². The van der Waals surface area contributed by atoms with Crippen molar-refractivity contribution in [2.75, 3.05) is 0 Å². The summed E-state index contributed by atoms with van der Waals surface area (Å²) in [7, 11) is 0. The second-order valence-electron chi connectivity index (χ2n) is 6.10. The van der Waals surface area contributed by atoms with Crippen molar-refractivity contribution < 1.29 is 8.83 Å². The first-order valence-corrected chi connectivity index (χ1v) is 7.38. The molecule has 0 fully saturated rings. The van der Waals surface area contributed by atoms with Crippen molar-refractivity contribution in [3.8, 4) is 0 Å². The maximum atomic E-state index is 12.4. The molecule has 0 N–H and O–H groups in total. The van der Waals surface area contributed by atoms with Gasteiger partial charge in [0.25, 0.3) is 0 Å². The van der Waals surface area contributed by atoms with Crippen molar-refractivity contribution in [1.29, 1.82) is 0 Å². The molecule has 0 saturated carbocycles. The largest absolute Gasteiger partial charge is 0.386 e. The molecule has 2 aromatic carbocycles. The third-order valence-electron chi connectivity index (χ3n) is 5.06. The van der Waals surface area contributed by atoms with E-state index in [9.17, 15) is 19.2 Å². The van der Waals surface area contributed by atoms with E-state index in [1.54, 1.807) is 27.7 Å². The number of benzene rings is 2. The average molecular weight is 324 g/mol. The second kappa shape index (κ2) is 4.29. The molecule has 0 radical (unpaired) electrons. The van der Waals surface area contributed by atoms with Crippen LogP contribution in [0.25, 0.3) is 32.3 Å². The van der Waals surface area contributed by atoms with Gasteiger partial charge in [-0.25, -0.2) is 19.2 Å². The summed E-state index contributed by atoms with van der Waals surface area (Å²) < 4.78 is 9.79. The van der Waals surface area contributed by atoms with E-state index in [1.807, 2.05) is 0 Å². The van der Waals surface area contributed by atoms with Gasteiger partial charge in [-0.2, -0.15) is 0 Å². The molecule has 6 aromatic rings. The lowest BCUT2D eigenvalue weighted by Crippen LogP contribution is -2.05. The van der Waals surface area contributed by atoms with Crippen LogP contribution in [-0.2, 0) is 0 Å². The van der Waals surface area contributed by atoms with E-state index in [4.69, 9.17) is 8.83 Å². The Bertz CT molecular complexity index is 1190. The normalized spacial score (nSPS) is 12.0. The van der Waals surface area contributed by atoms with Gasteiger partial charge in [0.05, 0.1) is 21.5 Å². The molecule has 0 saturated heterocycles. The molecule has 0 atom stereocenters. The average Bonchev–Trinajstić information content (AvgIpc) is 2.74. The van der Waals surface area contributed by atoms with Crippen LogP contribution in [0.5, 0.6) is 0 Å². The van der Waals surface area contributed by atoms with Crippen molar-refractivity contribution in [2.45, 2.75) is 27.7 Å². The zero-order valence-corrected chi connectivity index (χ0v) is 13.4. The van der Waals surface area contributed by atoms with Crippen LogP contribution in [0.3, 0.4) is 0 Å². The fourth-order valence-electron chi connectivity index (χ4n) is 3.64. The van der Waals surface area contributed by atoms with Gasteiger partial charge in [0.2, 0.25) is 0 Å². The zero-order chi connectivity index (χ0) is 17.5. The summed E-state index contributed by atoms with van der Waals surface area (Å²) in [6.07, 6.45) is 0. The zero-order valence-electron chi connectivity index (χ0n) is 13.4. The molecule has 0 unspecified atom stereocenters. The van der Waals surface area contributed by atoms with E-state index in [-0.39, 0.29) is 32.3 Å². The Balaban J connectivity index is 2.79. The smallest absolute Gasteiger partial charge is 0.346 e. The summed E-state index contributed by atoms with van der Waals surface area (Å²) in [4.78, 5) is 49.7. The molecule has 6 heteroatoms. The molecule has 0 amide bonds. The van der Waals surface area contributed by atoms with Crippen molar-refractivity contribution in [3.63, 3.8) is 0 Å². The Morgan fingerprint density at radius 2 is 0.625 bits per heavy atom. The van der Waals surface area contributed by atoms with Gasteiger partial charge in [-0.15, -0.1) is 0 Å². The SMILES string of the molecule is Cc1c(C)c2c(=O)oc(=O)c1c1c3c(C)c(C)c(c(=O)oc3=O)c21. The summed E-state index contributed by atoms with van der Waals surface area (Å²) >= 11 is 0. The van der Waals surface area contributed by atoms with E-state index in [1.165, 1.54) is 0 Å². The summed E-state index contributed by atoms with van der Waals surface area (Å²) in [6.45, 7) is 6.77. The van der Waals surface area contributed by atoms with Crippen LogP contribution < -0.4 is 22.5 Å². The Morgan fingerprint density at radius 1 is 0.417 bits per heavy atom. The van der Waals surface area contributed by atoms with E-state index in [2.05, 4.69) is 0 Å². The van der Waals surface area contributed by atoms with Crippen molar-refractivity contribution in [2.24, 2.45) is 0 Å². The quantitative estimate of drug-likeness (QED) is 0.490. The molecule has 4 heterocycles. The van der Waals surface area contributed by atoms with Gasteiger partial charge in [-0.05, 0) is 49.9 Å².